The molecule has 0 unspecified atom stereocenters. The lowest BCUT2D eigenvalue weighted by atomic mass is 10.1. The topological polar surface area (TPSA) is 62.5 Å². The second-order valence-electron chi connectivity index (χ2n) is 5.38. The molecular weight excluding hydrogens is 276 g/mol. The summed E-state index contributed by atoms with van der Waals surface area (Å²) in [5.74, 6) is 0.891. The van der Waals surface area contributed by atoms with Crippen molar-refractivity contribution in [1.82, 2.24) is 14.6 Å². The number of hydrogen-bond acceptors (Lipinski definition) is 4. The second kappa shape index (κ2) is 5.77. The molecule has 0 amide bonds. The number of nitrogens with one attached hydrogen (secondary N) is 1. The Morgan fingerprint density at radius 2 is 1.82 bits per heavy atom. The molecule has 2 N–H and O–H groups in total. The smallest absolute Gasteiger partial charge is 0.165 e. The summed E-state index contributed by atoms with van der Waals surface area (Å²) in [6.07, 6.45) is 0. The molecule has 5 heteroatoms. The SMILES string of the molecule is Cc1nc2c(-c3ccccc3)c(C)nn2c(NCCO)c1C. The van der Waals surface area contributed by atoms with Crippen LogP contribution in [0.5, 0.6) is 0 Å². The van der Waals surface area contributed by atoms with E-state index in [-0.39, 0.29) is 6.61 Å². The molecule has 3 aromatic rings. The van der Waals surface area contributed by atoms with E-state index in [1.54, 1.807) is 0 Å². The van der Waals surface area contributed by atoms with Crippen LogP contribution in [0.1, 0.15) is 17.0 Å². The Labute approximate surface area is 129 Å². The minimum Gasteiger partial charge on any atom is -0.395 e. The van der Waals surface area contributed by atoms with Gasteiger partial charge >= 0.3 is 0 Å². The number of aromatic nitrogens is 3. The molecule has 22 heavy (non-hydrogen) atoms. The van der Waals surface area contributed by atoms with Gasteiger partial charge in [0.1, 0.15) is 5.82 Å². The Morgan fingerprint density at radius 3 is 2.50 bits per heavy atom. The molecule has 0 aliphatic rings. The molecule has 0 aliphatic carbocycles. The van der Waals surface area contributed by atoms with Crippen molar-refractivity contribution in [2.75, 3.05) is 18.5 Å². The molecule has 2 heterocycles. The molecule has 0 saturated carbocycles. The van der Waals surface area contributed by atoms with Crippen LogP contribution < -0.4 is 5.32 Å². The second-order valence-corrected chi connectivity index (χ2v) is 5.38. The molecule has 0 atom stereocenters. The number of benzene rings is 1. The molecule has 0 saturated heterocycles. The summed E-state index contributed by atoms with van der Waals surface area (Å²) in [5, 5.41) is 17.0. The Bertz CT molecular complexity index is 809. The van der Waals surface area contributed by atoms with Crippen LogP contribution in [0.4, 0.5) is 5.82 Å². The third kappa shape index (κ3) is 2.33. The van der Waals surface area contributed by atoms with Gasteiger partial charge in [0.2, 0.25) is 0 Å². The van der Waals surface area contributed by atoms with Crippen molar-refractivity contribution in [1.29, 1.82) is 0 Å². The van der Waals surface area contributed by atoms with Crippen LogP contribution in [0.25, 0.3) is 16.8 Å². The Kier molecular flexibility index (Phi) is 3.81. The molecule has 0 aliphatic heterocycles. The van der Waals surface area contributed by atoms with Gasteiger partial charge in [-0.2, -0.15) is 9.61 Å². The van der Waals surface area contributed by atoms with Gasteiger partial charge in [-0.15, -0.1) is 0 Å². The van der Waals surface area contributed by atoms with E-state index in [9.17, 15) is 0 Å². The molecule has 0 spiro atoms. The average molecular weight is 296 g/mol. The van der Waals surface area contributed by atoms with Gasteiger partial charge in [-0.3, -0.25) is 0 Å². The van der Waals surface area contributed by atoms with Crippen molar-refractivity contribution < 1.29 is 5.11 Å². The average Bonchev–Trinajstić information content (AvgIpc) is 2.84. The maximum atomic E-state index is 9.09. The van der Waals surface area contributed by atoms with Gasteiger partial charge in [-0.25, -0.2) is 4.98 Å². The van der Waals surface area contributed by atoms with E-state index in [1.807, 2.05) is 43.5 Å². The quantitative estimate of drug-likeness (QED) is 0.777. The zero-order valence-corrected chi connectivity index (χ0v) is 13.1. The number of hydrogen-bond donors (Lipinski definition) is 2. The monoisotopic (exact) mass is 296 g/mol. The summed E-state index contributed by atoms with van der Waals surface area (Å²) in [4.78, 5) is 4.74. The van der Waals surface area contributed by atoms with Crippen LogP contribution in [0.3, 0.4) is 0 Å². The lowest BCUT2D eigenvalue weighted by molar-refractivity contribution is 0.311. The largest absolute Gasteiger partial charge is 0.395 e. The van der Waals surface area contributed by atoms with E-state index >= 15 is 0 Å². The van der Waals surface area contributed by atoms with Crippen LogP contribution in [0.15, 0.2) is 30.3 Å². The van der Waals surface area contributed by atoms with Crippen molar-refractivity contribution >= 4 is 11.5 Å². The van der Waals surface area contributed by atoms with E-state index in [4.69, 9.17) is 10.1 Å². The van der Waals surface area contributed by atoms with Gasteiger partial charge in [-0.05, 0) is 26.3 Å². The first-order valence-corrected chi connectivity index (χ1v) is 7.40. The fourth-order valence-electron chi connectivity index (χ4n) is 2.67. The van der Waals surface area contributed by atoms with Gasteiger partial charge in [0.15, 0.2) is 5.65 Å². The maximum Gasteiger partial charge on any atom is 0.165 e. The predicted octanol–water partition coefficient (Wildman–Crippen LogP) is 2.73. The number of nitrogens with zero attached hydrogens (tertiary/aromatic N) is 3. The highest BCUT2D eigenvalue weighted by molar-refractivity contribution is 5.81. The van der Waals surface area contributed by atoms with Crippen molar-refractivity contribution in [3.8, 4) is 11.1 Å². The molecule has 1 aromatic carbocycles. The lowest BCUT2D eigenvalue weighted by Gasteiger charge is -2.12. The maximum absolute atomic E-state index is 9.09. The molecular formula is C17H20N4O. The normalized spacial score (nSPS) is 11.1. The first-order valence-electron chi connectivity index (χ1n) is 7.40. The Morgan fingerprint density at radius 1 is 1.09 bits per heavy atom. The molecule has 5 nitrogen and oxygen atoms in total. The van der Waals surface area contributed by atoms with Gasteiger partial charge in [-0.1, -0.05) is 30.3 Å². The van der Waals surface area contributed by atoms with Crippen molar-refractivity contribution in [3.05, 3.63) is 47.3 Å². The van der Waals surface area contributed by atoms with Gasteiger partial charge in [0.05, 0.1) is 12.3 Å². The highest BCUT2D eigenvalue weighted by atomic mass is 16.3. The molecule has 114 valence electrons. The van der Waals surface area contributed by atoms with Gasteiger partial charge < -0.3 is 10.4 Å². The molecule has 0 radical (unpaired) electrons. The molecule has 0 fully saturated rings. The fourth-order valence-corrected chi connectivity index (χ4v) is 2.67. The number of aliphatic hydroxyl groups excluding tert-OH is 1. The lowest BCUT2D eigenvalue weighted by Crippen LogP contribution is -2.13. The number of anilines is 1. The minimum absolute atomic E-state index is 0.0775. The van der Waals surface area contributed by atoms with Crippen molar-refractivity contribution in [2.24, 2.45) is 0 Å². The number of fused-ring (bicyclic) bond motifs is 1. The van der Waals surface area contributed by atoms with Crippen LogP contribution in [-0.4, -0.2) is 32.9 Å². The third-order valence-electron chi connectivity index (χ3n) is 3.89. The summed E-state index contributed by atoms with van der Waals surface area (Å²) in [7, 11) is 0. The number of aliphatic hydroxyl groups is 1. The van der Waals surface area contributed by atoms with Crippen molar-refractivity contribution in [2.45, 2.75) is 20.8 Å². The van der Waals surface area contributed by atoms with E-state index < -0.39 is 0 Å². The summed E-state index contributed by atoms with van der Waals surface area (Å²) in [6, 6.07) is 10.2. The highest BCUT2D eigenvalue weighted by Gasteiger charge is 2.17. The van der Waals surface area contributed by atoms with Crippen LogP contribution in [0.2, 0.25) is 0 Å². The summed E-state index contributed by atoms with van der Waals surface area (Å²) in [5.41, 5.74) is 5.95. The van der Waals surface area contributed by atoms with E-state index in [1.165, 1.54) is 0 Å². The minimum atomic E-state index is 0.0775. The van der Waals surface area contributed by atoms with E-state index in [0.717, 1.165) is 39.5 Å². The fraction of sp³-hybridized carbons (Fsp3) is 0.294. The number of aryl methyl sites for hydroxylation is 2. The first-order chi connectivity index (χ1) is 10.6. The number of rotatable bonds is 4. The van der Waals surface area contributed by atoms with Crippen LogP contribution >= 0.6 is 0 Å². The Hall–Kier alpha value is -2.40. The Balaban J connectivity index is 2.28. The summed E-state index contributed by atoms with van der Waals surface area (Å²) < 4.78 is 1.84. The highest BCUT2D eigenvalue weighted by Crippen LogP contribution is 2.30. The zero-order valence-electron chi connectivity index (χ0n) is 13.1. The third-order valence-corrected chi connectivity index (χ3v) is 3.89. The van der Waals surface area contributed by atoms with Crippen LogP contribution in [-0.2, 0) is 0 Å². The van der Waals surface area contributed by atoms with E-state index in [0.29, 0.717) is 6.54 Å². The standard InChI is InChI=1S/C17H20N4O/c1-11-12(2)19-17-15(14-7-5-4-6-8-14)13(3)20-21(17)16(11)18-9-10-22/h4-8,18,22H,9-10H2,1-3H3. The van der Waals surface area contributed by atoms with Gasteiger partial charge in [0, 0.05) is 23.4 Å². The summed E-state index contributed by atoms with van der Waals surface area (Å²) in [6.45, 7) is 6.57. The van der Waals surface area contributed by atoms with Crippen molar-refractivity contribution in [3.63, 3.8) is 0 Å². The molecule has 3 rings (SSSR count). The summed E-state index contributed by atoms with van der Waals surface area (Å²) >= 11 is 0. The van der Waals surface area contributed by atoms with Gasteiger partial charge in [0.25, 0.3) is 0 Å². The zero-order chi connectivity index (χ0) is 15.7. The first kappa shape index (κ1) is 14.5. The van der Waals surface area contributed by atoms with Crippen LogP contribution in [0, 0.1) is 20.8 Å². The predicted molar refractivity (Wildman–Crippen MR) is 88.2 cm³/mol. The molecule has 0 bridgehead atoms. The molecule has 2 aromatic heterocycles. The van der Waals surface area contributed by atoms with E-state index in [2.05, 4.69) is 22.5 Å².